The van der Waals surface area contributed by atoms with Gasteiger partial charge in [-0.05, 0) is 94.4 Å². The van der Waals surface area contributed by atoms with Crippen LogP contribution in [0.15, 0.2) is 0 Å². The summed E-state index contributed by atoms with van der Waals surface area (Å²) >= 11 is 0. The van der Waals surface area contributed by atoms with Crippen molar-refractivity contribution in [3.8, 4) is 0 Å². The molecule has 0 amide bonds. The van der Waals surface area contributed by atoms with Gasteiger partial charge in [0, 0.05) is 5.54 Å². The lowest BCUT2D eigenvalue weighted by atomic mass is 9.47. The SMILES string of the molecule is CC1(CC23CC4CC(CC(C4)C2)C3)CCCN1. The summed E-state index contributed by atoms with van der Waals surface area (Å²) in [6.45, 7) is 3.77. The molecule has 1 unspecified atom stereocenters. The maximum Gasteiger partial charge on any atom is 0.0159 e. The van der Waals surface area contributed by atoms with Crippen LogP contribution in [0.1, 0.15) is 64.7 Å². The standard InChI is InChI=1S/C16H27N/c1-15(3-2-4-17-15)11-16-8-12-5-13(9-16)7-14(6-12)10-16/h12-14,17H,2-11H2,1H3. The Morgan fingerprint density at radius 3 is 2.06 bits per heavy atom. The molecule has 0 aromatic carbocycles. The lowest BCUT2D eigenvalue weighted by molar-refractivity contribution is -0.0684. The fourth-order valence-electron chi connectivity index (χ4n) is 6.44. The van der Waals surface area contributed by atoms with Crippen LogP contribution < -0.4 is 5.32 Å². The minimum atomic E-state index is 0.492. The highest BCUT2D eigenvalue weighted by Gasteiger charge is 2.52. The van der Waals surface area contributed by atoms with E-state index in [0.29, 0.717) is 5.54 Å². The molecule has 96 valence electrons. The van der Waals surface area contributed by atoms with E-state index in [-0.39, 0.29) is 0 Å². The smallest absolute Gasteiger partial charge is 0.0159 e. The first kappa shape index (κ1) is 10.8. The summed E-state index contributed by atoms with van der Waals surface area (Å²) in [7, 11) is 0. The quantitative estimate of drug-likeness (QED) is 0.766. The zero-order chi connectivity index (χ0) is 11.5. The van der Waals surface area contributed by atoms with E-state index in [1.807, 2.05) is 0 Å². The van der Waals surface area contributed by atoms with E-state index in [2.05, 4.69) is 12.2 Å². The van der Waals surface area contributed by atoms with E-state index in [0.717, 1.165) is 23.2 Å². The maximum absolute atomic E-state index is 3.81. The van der Waals surface area contributed by atoms with Gasteiger partial charge in [0.15, 0.2) is 0 Å². The third kappa shape index (κ3) is 1.77. The zero-order valence-corrected chi connectivity index (χ0v) is 11.3. The Balaban J connectivity index is 1.56. The second-order valence-corrected chi connectivity index (χ2v) is 8.19. The van der Waals surface area contributed by atoms with Crippen LogP contribution in [0.25, 0.3) is 0 Å². The molecule has 5 fully saturated rings. The molecule has 1 N–H and O–H groups in total. The van der Waals surface area contributed by atoms with E-state index in [1.165, 1.54) is 25.8 Å². The van der Waals surface area contributed by atoms with Gasteiger partial charge in [0.1, 0.15) is 0 Å². The maximum atomic E-state index is 3.81. The van der Waals surface area contributed by atoms with E-state index >= 15 is 0 Å². The largest absolute Gasteiger partial charge is 0.311 e. The molecule has 17 heavy (non-hydrogen) atoms. The average molecular weight is 233 g/mol. The second kappa shape index (κ2) is 3.50. The molecule has 5 rings (SSSR count). The van der Waals surface area contributed by atoms with Crippen molar-refractivity contribution in [2.45, 2.75) is 70.3 Å². The number of rotatable bonds is 2. The van der Waals surface area contributed by atoms with Gasteiger partial charge in [0.05, 0.1) is 0 Å². The van der Waals surface area contributed by atoms with E-state index in [1.54, 1.807) is 38.5 Å². The van der Waals surface area contributed by atoms with Crippen LogP contribution in [0.5, 0.6) is 0 Å². The van der Waals surface area contributed by atoms with Crippen LogP contribution in [0, 0.1) is 23.2 Å². The Morgan fingerprint density at radius 2 is 1.59 bits per heavy atom. The van der Waals surface area contributed by atoms with Crippen LogP contribution in [-0.4, -0.2) is 12.1 Å². The minimum absolute atomic E-state index is 0.492. The molecule has 1 heteroatoms. The lowest BCUT2D eigenvalue weighted by Crippen LogP contribution is -2.51. The van der Waals surface area contributed by atoms with Crippen LogP contribution >= 0.6 is 0 Å². The normalized spacial score (nSPS) is 56.6. The molecular weight excluding hydrogens is 206 g/mol. The first-order chi connectivity index (χ1) is 8.15. The third-order valence-electron chi connectivity index (χ3n) is 6.39. The first-order valence-electron chi connectivity index (χ1n) is 7.90. The van der Waals surface area contributed by atoms with Gasteiger partial charge >= 0.3 is 0 Å². The fourth-order valence-corrected chi connectivity index (χ4v) is 6.44. The predicted octanol–water partition coefficient (Wildman–Crippen LogP) is 3.74. The molecule has 5 aliphatic rings. The van der Waals surface area contributed by atoms with E-state index in [9.17, 15) is 0 Å². The van der Waals surface area contributed by atoms with Gasteiger partial charge in [-0.2, -0.15) is 0 Å². The first-order valence-corrected chi connectivity index (χ1v) is 7.90. The van der Waals surface area contributed by atoms with Crippen LogP contribution in [0.4, 0.5) is 0 Å². The van der Waals surface area contributed by atoms with Gasteiger partial charge in [0.2, 0.25) is 0 Å². The minimum Gasteiger partial charge on any atom is -0.311 e. The van der Waals surface area contributed by atoms with Crippen LogP contribution in [-0.2, 0) is 0 Å². The molecule has 1 saturated heterocycles. The Labute approximate surface area is 106 Å². The average Bonchev–Trinajstić information content (AvgIpc) is 2.61. The van der Waals surface area contributed by atoms with E-state index in [4.69, 9.17) is 0 Å². The summed E-state index contributed by atoms with van der Waals surface area (Å²) in [4.78, 5) is 0. The summed E-state index contributed by atoms with van der Waals surface area (Å²) in [6, 6.07) is 0. The van der Waals surface area contributed by atoms with Gasteiger partial charge in [-0.15, -0.1) is 0 Å². The van der Waals surface area contributed by atoms with Crippen molar-refractivity contribution in [1.29, 1.82) is 0 Å². The Morgan fingerprint density at radius 1 is 1.00 bits per heavy atom. The monoisotopic (exact) mass is 233 g/mol. The summed E-state index contributed by atoms with van der Waals surface area (Å²) < 4.78 is 0. The molecule has 1 aliphatic heterocycles. The molecule has 1 nitrogen and oxygen atoms in total. The van der Waals surface area contributed by atoms with Gasteiger partial charge in [-0.1, -0.05) is 0 Å². The van der Waals surface area contributed by atoms with Crippen LogP contribution in [0.2, 0.25) is 0 Å². The van der Waals surface area contributed by atoms with Crippen molar-refractivity contribution in [1.82, 2.24) is 5.32 Å². The topological polar surface area (TPSA) is 12.0 Å². The van der Waals surface area contributed by atoms with Crippen molar-refractivity contribution < 1.29 is 0 Å². The van der Waals surface area contributed by atoms with Crippen molar-refractivity contribution >= 4 is 0 Å². The Bertz CT molecular complexity index is 278. The summed E-state index contributed by atoms with van der Waals surface area (Å²) in [5.41, 5.74) is 1.26. The van der Waals surface area contributed by atoms with Gasteiger partial charge < -0.3 is 5.32 Å². The fraction of sp³-hybridized carbons (Fsp3) is 1.00. The Kier molecular flexibility index (Phi) is 2.23. The van der Waals surface area contributed by atoms with Crippen LogP contribution in [0.3, 0.4) is 0 Å². The summed E-state index contributed by atoms with van der Waals surface area (Å²) in [5.74, 6) is 3.35. The number of hydrogen-bond donors (Lipinski definition) is 1. The van der Waals surface area contributed by atoms with Gasteiger partial charge in [-0.25, -0.2) is 0 Å². The molecular formula is C16H27N. The third-order valence-corrected chi connectivity index (χ3v) is 6.39. The molecule has 4 aliphatic carbocycles. The predicted molar refractivity (Wildman–Crippen MR) is 70.9 cm³/mol. The lowest BCUT2D eigenvalue weighted by Gasteiger charge is -2.58. The molecule has 0 aromatic heterocycles. The highest BCUT2D eigenvalue weighted by molar-refractivity contribution is 5.05. The van der Waals surface area contributed by atoms with Gasteiger partial charge in [0.25, 0.3) is 0 Å². The van der Waals surface area contributed by atoms with Gasteiger partial charge in [-0.3, -0.25) is 0 Å². The molecule has 0 radical (unpaired) electrons. The highest BCUT2D eigenvalue weighted by atomic mass is 15.0. The zero-order valence-electron chi connectivity index (χ0n) is 11.3. The molecule has 4 bridgehead atoms. The van der Waals surface area contributed by atoms with Crippen molar-refractivity contribution in [2.24, 2.45) is 23.2 Å². The molecule has 1 atom stereocenters. The summed E-state index contributed by atoms with van der Waals surface area (Å²) in [6.07, 6.45) is 13.8. The van der Waals surface area contributed by atoms with Crippen molar-refractivity contribution in [3.63, 3.8) is 0 Å². The highest BCUT2D eigenvalue weighted by Crippen LogP contribution is 2.62. The molecule has 4 saturated carbocycles. The number of hydrogen-bond acceptors (Lipinski definition) is 1. The van der Waals surface area contributed by atoms with E-state index < -0.39 is 0 Å². The van der Waals surface area contributed by atoms with Crippen molar-refractivity contribution in [2.75, 3.05) is 6.54 Å². The van der Waals surface area contributed by atoms with Crippen molar-refractivity contribution in [3.05, 3.63) is 0 Å². The Hall–Kier alpha value is -0.0400. The summed E-state index contributed by atoms with van der Waals surface area (Å²) in [5, 5.41) is 3.81. The second-order valence-electron chi connectivity index (χ2n) is 8.19. The molecule has 0 spiro atoms. The number of nitrogens with one attached hydrogen (secondary N) is 1. The molecule has 1 heterocycles. The molecule has 0 aromatic rings.